The van der Waals surface area contributed by atoms with E-state index in [4.69, 9.17) is 0 Å². The highest BCUT2D eigenvalue weighted by atomic mass is 16.2. The molecule has 22 heavy (non-hydrogen) atoms. The lowest BCUT2D eigenvalue weighted by Crippen LogP contribution is -2.54. The van der Waals surface area contributed by atoms with E-state index in [2.05, 4.69) is 21.2 Å². The maximum Gasteiger partial charge on any atom is 0.242 e. The van der Waals surface area contributed by atoms with E-state index in [1.54, 1.807) is 6.21 Å². The topological polar surface area (TPSA) is 85.8 Å². The summed E-state index contributed by atoms with van der Waals surface area (Å²) < 4.78 is 0. The highest BCUT2D eigenvalue weighted by Crippen LogP contribution is 2.10. The fraction of sp³-hybridized carbons (Fsp3) is 0.400. The van der Waals surface area contributed by atoms with Gasteiger partial charge in [0.25, 0.3) is 0 Å². The summed E-state index contributed by atoms with van der Waals surface area (Å²) in [6.45, 7) is 1.27. The van der Waals surface area contributed by atoms with E-state index in [1.165, 1.54) is 0 Å². The number of hydrogen-bond donors (Lipinski definition) is 3. The van der Waals surface area contributed by atoms with Gasteiger partial charge in [-0.3, -0.25) is 9.59 Å². The van der Waals surface area contributed by atoms with Crippen molar-refractivity contribution in [1.82, 2.24) is 16.1 Å². The van der Waals surface area contributed by atoms with E-state index in [0.29, 0.717) is 13.1 Å². The van der Waals surface area contributed by atoms with Crippen molar-refractivity contribution in [3.05, 3.63) is 29.8 Å². The number of nitrogens with zero attached hydrogens (tertiary/aromatic N) is 2. The number of carbonyl (C=O) groups excluding carboxylic acids is 2. The monoisotopic (exact) mass is 303 g/mol. The Bertz CT molecular complexity index is 554. The number of piperazine rings is 1. The van der Waals surface area contributed by atoms with E-state index in [0.717, 1.165) is 11.3 Å². The van der Waals surface area contributed by atoms with Crippen molar-refractivity contribution in [3.8, 4) is 0 Å². The molecule has 1 fully saturated rings. The predicted octanol–water partition coefficient (Wildman–Crippen LogP) is -0.319. The fourth-order valence-electron chi connectivity index (χ4n) is 2.08. The Hall–Kier alpha value is -2.41. The van der Waals surface area contributed by atoms with Gasteiger partial charge in [-0.2, -0.15) is 5.10 Å². The van der Waals surface area contributed by atoms with Crippen LogP contribution in [0.4, 0.5) is 5.69 Å². The molecule has 2 rings (SSSR count). The van der Waals surface area contributed by atoms with Crippen molar-refractivity contribution < 1.29 is 9.59 Å². The van der Waals surface area contributed by atoms with Gasteiger partial charge in [-0.15, -0.1) is 0 Å². The average Bonchev–Trinajstić information content (AvgIpc) is 2.50. The predicted molar refractivity (Wildman–Crippen MR) is 85.9 cm³/mol. The number of hydrogen-bond acceptors (Lipinski definition) is 5. The third-order valence-electron chi connectivity index (χ3n) is 3.33. The standard InChI is InChI=1S/C15H21N5O2/c1-20(2)12-5-3-11(4-6-12)10-18-19-14(21)9-13-15(22)17-8-7-16-13/h3-6,10,13,16H,7-9H2,1-2H3,(H,17,22)(H,19,21)/b18-10+. The second kappa shape index (κ2) is 7.56. The zero-order chi connectivity index (χ0) is 15.9. The van der Waals surface area contributed by atoms with E-state index in [1.807, 2.05) is 43.3 Å². The summed E-state index contributed by atoms with van der Waals surface area (Å²) in [6, 6.07) is 7.30. The molecule has 7 heteroatoms. The molecule has 0 saturated carbocycles. The Morgan fingerprint density at radius 3 is 2.73 bits per heavy atom. The van der Waals surface area contributed by atoms with Crippen LogP contribution in [0.15, 0.2) is 29.4 Å². The first kappa shape index (κ1) is 16.0. The van der Waals surface area contributed by atoms with Crippen molar-refractivity contribution in [2.24, 2.45) is 5.10 Å². The van der Waals surface area contributed by atoms with Gasteiger partial charge in [0.15, 0.2) is 0 Å². The third kappa shape index (κ3) is 4.56. The Labute approximate surface area is 129 Å². The molecule has 1 atom stereocenters. The van der Waals surface area contributed by atoms with E-state index >= 15 is 0 Å². The zero-order valence-electron chi connectivity index (χ0n) is 12.8. The number of carbonyl (C=O) groups is 2. The number of nitrogens with one attached hydrogen (secondary N) is 3. The molecule has 1 aromatic carbocycles. The molecule has 0 bridgehead atoms. The minimum absolute atomic E-state index is 0.0722. The lowest BCUT2D eigenvalue weighted by Gasteiger charge is -2.22. The molecule has 1 saturated heterocycles. The Balaban J connectivity index is 1.81. The fourth-order valence-corrected chi connectivity index (χ4v) is 2.08. The first-order chi connectivity index (χ1) is 10.6. The highest BCUT2D eigenvalue weighted by Gasteiger charge is 2.23. The first-order valence-corrected chi connectivity index (χ1v) is 7.16. The number of rotatable bonds is 5. The van der Waals surface area contributed by atoms with Gasteiger partial charge in [-0.1, -0.05) is 12.1 Å². The Kier molecular flexibility index (Phi) is 5.48. The summed E-state index contributed by atoms with van der Waals surface area (Å²) in [5.41, 5.74) is 4.42. The summed E-state index contributed by atoms with van der Waals surface area (Å²) in [5, 5.41) is 9.61. The Morgan fingerprint density at radius 1 is 1.36 bits per heavy atom. The molecule has 1 aliphatic rings. The molecule has 3 N–H and O–H groups in total. The lowest BCUT2D eigenvalue weighted by molar-refractivity contribution is -0.129. The lowest BCUT2D eigenvalue weighted by atomic mass is 10.1. The number of benzene rings is 1. The summed E-state index contributed by atoms with van der Waals surface area (Å²) in [6.07, 6.45) is 1.65. The van der Waals surface area contributed by atoms with Crippen molar-refractivity contribution in [1.29, 1.82) is 0 Å². The van der Waals surface area contributed by atoms with Gasteiger partial charge < -0.3 is 15.5 Å². The van der Waals surface area contributed by atoms with Gasteiger partial charge in [0.1, 0.15) is 0 Å². The molecule has 0 spiro atoms. The normalized spacial score (nSPS) is 18.1. The molecule has 1 aromatic rings. The minimum Gasteiger partial charge on any atom is -0.378 e. The summed E-state index contributed by atoms with van der Waals surface area (Å²) in [4.78, 5) is 25.3. The summed E-state index contributed by atoms with van der Waals surface area (Å²) >= 11 is 0. The largest absolute Gasteiger partial charge is 0.378 e. The molecule has 1 unspecified atom stereocenters. The molecule has 0 aliphatic carbocycles. The van der Waals surface area contributed by atoms with E-state index in [-0.39, 0.29) is 18.2 Å². The molecule has 118 valence electrons. The number of hydrazone groups is 1. The molecule has 2 amide bonds. The quantitative estimate of drug-likeness (QED) is 0.514. The minimum atomic E-state index is -0.483. The molecular formula is C15H21N5O2. The molecule has 0 aromatic heterocycles. The van der Waals surface area contributed by atoms with Crippen LogP contribution >= 0.6 is 0 Å². The molecule has 1 heterocycles. The van der Waals surface area contributed by atoms with Crippen LogP contribution < -0.4 is 21.0 Å². The van der Waals surface area contributed by atoms with Crippen LogP contribution in [-0.2, 0) is 9.59 Å². The van der Waals surface area contributed by atoms with Gasteiger partial charge in [-0.25, -0.2) is 5.43 Å². The van der Waals surface area contributed by atoms with Gasteiger partial charge in [0, 0.05) is 32.9 Å². The number of amides is 2. The average molecular weight is 303 g/mol. The second-order valence-corrected chi connectivity index (χ2v) is 5.28. The summed E-state index contributed by atoms with van der Waals surface area (Å²) in [7, 11) is 3.94. The molecule has 1 aliphatic heterocycles. The van der Waals surface area contributed by atoms with Crippen LogP contribution in [-0.4, -0.2) is 51.3 Å². The van der Waals surface area contributed by atoms with Gasteiger partial charge in [-0.05, 0) is 17.7 Å². The highest BCUT2D eigenvalue weighted by molar-refractivity contribution is 5.89. The van der Waals surface area contributed by atoms with E-state index < -0.39 is 6.04 Å². The van der Waals surface area contributed by atoms with Crippen LogP contribution in [0, 0.1) is 0 Å². The SMILES string of the molecule is CN(C)c1ccc(/C=N/NC(=O)CC2NCCNC2=O)cc1. The first-order valence-electron chi connectivity index (χ1n) is 7.16. The maximum absolute atomic E-state index is 11.7. The van der Waals surface area contributed by atoms with Crippen LogP contribution in [0.2, 0.25) is 0 Å². The molecule has 7 nitrogen and oxygen atoms in total. The van der Waals surface area contributed by atoms with Crippen LogP contribution in [0.25, 0.3) is 0 Å². The van der Waals surface area contributed by atoms with Gasteiger partial charge in [0.05, 0.1) is 18.7 Å². The number of anilines is 1. The maximum atomic E-state index is 11.7. The third-order valence-corrected chi connectivity index (χ3v) is 3.33. The van der Waals surface area contributed by atoms with Crippen LogP contribution in [0.3, 0.4) is 0 Å². The van der Waals surface area contributed by atoms with Crippen molar-refractivity contribution in [2.45, 2.75) is 12.5 Å². The molecule has 0 radical (unpaired) electrons. The van der Waals surface area contributed by atoms with Crippen molar-refractivity contribution in [2.75, 3.05) is 32.1 Å². The van der Waals surface area contributed by atoms with Gasteiger partial charge in [0.2, 0.25) is 11.8 Å². The van der Waals surface area contributed by atoms with Crippen LogP contribution in [0.5, 0.6) is 0 Å². The summed E-state index contributed by atoms with van der Waals surface area (Å²) in [5.74, 6) is -0.444. The van der Waals surface area contributed by atoms with E-state index in [9.17, 15) is 9.59 Å². The smallest absolute Gasteiger partial charge is 0.242 e. The zero-order valence-corrected chi connectivity index (χ0v) is 12.8. The van der Waals surface area contributed by atoms with Crippen molar-refractivity contribution >= 4 is 23.7 Å². The second-order valence-electron chi connectivity index (χ2n) is 5.28. The van der Waals surface area contributed by atoms with Crippen molar-refractivity contribution in [3.63, 3.8) is 0 Å². The van der Waals surface area contributed by atoms with Crippen LogP contribution in [0.1, 0.15) is 12.0 Å². The van der Waals surface area contributed by atoms with Gasteiger partial charge >= 0.3 is 0 Å². The molecular weight excluding hydrogens is 282 g/mol. The Morgan fingerprint density at radius 2 is 2.09 bits per heavy atom.